The highest BCUT2D eigenvalue weighted by atomic mass is 35.5. The molecule has 11 nitrogen and oxygen atoms in total. The minimum absolute atomic E-state index is 0.00894. The maximum Gasteiger partial charge on any atom is 0.253 e. The van der Waals surface area contributed by atoms with Crippen molar-refractivity contribution in [3.05, 3.63) is 157 Å². The average molecular weight is 807 g/mol. The summed E-state index contributed by atoms with van der Waals surface area (Å²) in [6.45, 7) is 8.84. The van der Waals surface area contributed by atoms with Gasteiger partial charge < -0.3 is 33.3 Å². The van der Waals surface area contributed by atoms with Crippen LogP contribution in [0.4, 0.5) is 0 Å². The first-order valence-electron chi connectivity index (χ1n) is 19.2. The molecule has 4 aromatic heterocycles. The van der Waals surface area contributed by atoms with Gasteiger partial charge in [-0.05, 0) is 112 Å². The molecule has 298 valence electrons. The molecule has 0 spiro atoms. The van der Waals surface area contributed by atoms with Crippen molar-refractivity contribution in [2.24, 2.45) is 14.1 Å². The summed E-state index contributed by atoms with van der Waals surface area (Å²) in [6, 6.07) is 27.1. The maximum absolute atomic E-state index is 12.2. The summed E-state index contributed by atoms with van der Waals surface area (Å²) < 4.78 is 21.4. The van der Waals surface area contributed by atoms with Gasteiger partial charge in [0.1, 0.15) is 34.2 Å². The smallest absolute Gasteiger partial charge is 0.253 e. The number of halogens is 1. The minimum atomic E-state index is -0.0206. The number of fused-ring (bicyclic) bond motifs is 2. The highest BCUT2D eigenvalue weighted by Crippen LogP contribution is 2.41. The van der Waals surface area contributed by atoms with Crippen molar-refractivity contribution in [2.75, 3.05) is 13.2 Å². The van der Waals surface area contributed by atoms with E-state index in [0.717, 1.165) is 80.3 Å². The van der Waals surface area contributed by atoms with E-state index in [9.17, 15) is 9.59 Å². The van der Waals surface area contributed by atoms with E-state index >= 15 is 0 Å². The van der Waals surface area contributed by atoms with E-state index in [1.165, 1.54) is 5.57 Å². The van der Waals surface area contributed by atoms with Gasteiger partial charge in [0.2, 0.25) is 0 Å². The number of nitrogens with one attached hydrogen (secondary N) is 2. The Labute approximate surface area is 345 Å². The number of aromatic amines is 2. The molecule has 0 radical (unpaired) electrons. The lowest BCUT2D eigenvalue weighted by Gasteiger charge is -2.16. The summed E-state index contributed by atoms with van der Waals surface area (Å²) in [4.78, 5) is 40.1. The molecule has 0 saturated heterocycles. The molecule has 2 N–H and O–H groups in total. The third-order valence-electron chi connectivity index (χ3n) is 10.2. The molecule has 0 unspecified atom stereocenters. The Kier molecular flexibility index (Phi) is 10.8. The zero-order chi connectivity index (χ0) is 41.4. The number of rotatable bonds is 7. The third-order valence-corrected chi connectivity index (χ3v) is 10.4. The lowest BCUT2D eigenvalue weighted by Crippen LogP contribution is -2.18. The number of nitrogens with zero attached hydrogens (tertiary/aromatic N) is 4. The Morgan fingerprint density at radius 1 is 0.661 bits per heavy atom. The van der Waals surface area contributed by atoms with Crippen LogP contribution >= 0.6 is 11.6 Å². The lowest BCUT2D eigenvalue weighted by atomic mass is 10.0. The van der Waals surface area contributed by atoms with Crippen LogP contribution in [0.2, 0.25) is 5.02 Å². The van der Waals surface area contributed by atoms with Crippen LogP contribution in [0.25, 0.3) is 49.9 Å². The Morgan fingerprint density at radius 3 is 1.68 bits per heavy atom. The highest BCUT2D eigenvalue weighted by molar-refractivity contribution is 6.30. The second kappa shape index (κ2) is 16.3. The van der Waals surface area contributed by atoms with Crippen molar-refractivity contribution in [2.45, 2.75) is 34.1 Å². The van der Waals surface area contributed by atoms with Crippen molar-refractivity contribution in [3.63, 3.8) is 0 Å². The van der Waals surface area contributed by atoms with Gasteiger partial charge in [-0.2, -0.15) is 0 Å². The van der Waals surface area contributed by atoms with Gasteiger partial charge in [-0.1, -0.05) is 35.9 Å². The third kappa shape index (κ3) is 8.20. The molecule has 0 saturated carbocycles. The van der Waals surface area contributed by atoms with E-state index < -0.39 is 0 Å². The first kappa shape index (κ1) is 39.2. The summed E-state index contributed by atoms with van der Waals surface area (Å²) >= 11 is 6.11. The van der Waals surface area contributed by atoms with Crippen LogP contribution in [0.1, 0.15) is 34.8 Å². The van der Waals surface area contributed by atoms with Crippen LogP contribution < -0.4 is 20.6 Å². The number of H-pyrrole nitrogens is 2. The fourth-order valence-electron chi connectivity index (χ4n) is 7.37. The van der Waals surface area contributed by atoms with Crippen LogP contribution in [-0.4, -0.2) is 42.3 Å². The van der Waals surface area contributed by atoms with Crippen molar-refractivity contribution in [1.29, 1.82) is 0 Å². The number of pyridine rings is 2. The average Bonchev–Trinajstić information content (AvgIpc) is 3.81. The molecule has 5 heterocycles. The van der Waals surface area contributed by atoms with Crippen molar-refractivity contribution < 1.29 is 14.2 Å². The molecule has 0 fully saturated rings. The summed E-state index contributed by atoms with van der Waals surface area (Å²) in [7, 11) is 3.51. The van der Waals surface area contributed by atoms with E-state index in [4.69, 9.17) is 30.8 Å². The number of hydrogen-bond acceptors (Lipinski definition) is 7. The van der Waals surface area contributed by atoms with Crippen LogP contribution in [0.15, 0.2) is 113 Å². The predicted octanol–water partition coefficient (Wildman–Crippen LogP) is 10.1. The van der Waals surface area contributed by atoms with Gasteiger partial charge >= 0.3 is 0 Å². The number of benzene rings is 4. The van der Waals surface area contributed by atoms with Gasteiger partial charge in [0.15, 0.2) is 11.5 Å². The monoisotopic (exact) mass is 806 g/mol. The van der Waals surface area contributed by atoms with Crippen LogP contribution in [0, 0.1) is 27.7 Å². The van der Waals surface area contributed by atoms with Crippen molar-refractivity contribution >= 4 is 39.2 Å². The van der Waals surface area contributed by atoms with E-state index in [1.807, 2.05) is 87.6 Å². The molecule has 1 aliphatic heterocycles. The van der Waals surface area contributed by atoms with Gasteiger partial charge in [0.25, 0.3) is 11.1 Å². The molecule has 8 aromatic rings. The Bertz CT molecular complexity index is 2990. The Balaban J connectivity index is 0.000000167. The molecule has 9 rings (SSSR count). The Hall–Kier alpha value is -6.69. The second-order valence-corrected chi connectivity index (χ2v) is 15.2. The second-order valence-electron chi connectivity index (χ2n) is 14.7. The van der Waals surface area contributed by atoms with Gasteiger partial charge in [0.05, 0.1) is 24.2 Å². The maximum atomic E-state index is 12.2. The fourth-order valence-corrected chi connectivity index (χ4v) is 7.55. The Morgan fingerprint density at radius 2 is 1.19 bits per heavy atom. The van der Waals surface area contributed by atoms with E-state index in [-0.39, 0.29) is 11.1 Å². The first-order valence-corrected chi connectivity index (χ1v) is 19.6. The predicted molar refractivity (Wildman–Crippen MR) is 234 cm³/mol. The summed E-state index contributed by atoms with van der Waals surface area (Å²) in [5, 5.41) is 0.595. The molecule has 0 aliphatic carbocycles. The largest absolute Gasteiger partial charge is 0.454 e. The van der Waals surface area contributed by atoms with Crippen LogP contribution in [0.3, 0.4) is 0 Å². The summed E-state index contributed by atoms with van der Waals surface area (Å²) in [5.41, 5.74) is 10.5. The molecule has 12 heteroatoms. The number of aryl methyl sites for hydroxylation is 6. The zero-order valence-corrected chi connectivity index (χ0v) is 34.4. The van der Waals surface area contributed by atoms with Gasteiger partial charge in [-0.25, -0.2) is 9.97 Å². The zero-order valence-electron chi connectivity index (χ0n) is 33.6. The van der Waals surface area contributed by atoms with Crippen LogP contribution in [-0.2, 0) is 18.8 Å². The molecule has 1 aliphatic rings. The molecular weight excluding hydrogens is 764 g/mol. The summed E-state index contributed by atoms with van der Waals surface area (Å²) in [6.07, 6.45) is 6.66. The fraction of sp³-hybridized carbons (Fsp3) is 0.191. The molecule has 0 atom stereocenters. The lowest BCUT2D eigenvalue weighted by molar-refractivity contribution is 0.161. The highest BCUT2D eigenvalue weighted by Gasteiger charge is 2.19. The standard InChI is InChI=1S/C26H25N3O3.C21H18ClN3O2/c1-16-13-20(15-29(3)26(16)30)22-7-8-23-24(28-17(2)27-23)25(22)32-21-6-4-5-19(14-21)18-9-11-31-12-10-18;1-12-9-14(11-25(3)21(12)26)17-7-8-18-19(24-13(2)23-18)20(17)27-16-6-4-5-15(22)10-16/h4-9,13-15H,10-12H2,1-3H3,(H,27,28);4-11H,1-3H3,(H,23,24). The van der Waals surface area contributed by atoms with E-state index in [1.54, 1.807) is 48.5 Å². The van der Waals surface area contributed by atoms with Crippen LogP contribution in [0.5, 0.6) is 23.0 Å². The molecule has 0 bridgehead atoms. The topological polar surface area (TPSA) is 129 Å². The number of hydrogen-bond donors (Lipinski definition) is 2. The van der Waals surface area contributed by atoms with Gasteiger partial charge in [-0.15, -0.1) is 0 Å². The number of aromatic nitrogens is 6. The molecule has 59 heavy (non-hydrogen) atoms. The van der Waals surface area contributed by atoms with Gasteiger partial charge in [0, 0.05) is 64.9 Å². The van der Waals surface area contributed by atoms with Crippen molar-refractivity contribution in [1.82, 2.24) is 29.1 Å². The molecular formula is C47H43ClN6O5. The van der Waals surface area contributed by atoms with Crippen molar-refractivity contribution in [3.8, 4) is 45.3 Å². The molecule has 0 amide bonds. The normalized spacial score (nSPS) is 12.6. The SMILES string of the molecule is Cc1nc2c(Oc3cccc(C4=CCOCC4)c3)c(-c3cc(C)c(=O)n(C)c3)ccc2[nH]1.Cc1nc2c(Oc3cccc(Cl)c3)c(-c3cc(C)c(=O)n(C)c3)ccc2[nH]1. The number of imidazole rings is 2. The quantitative estimate of drug-likeness (QED) is 0.164. The number of ether oxygens (including phenoxy) is 3. The summed E-state index contributed by atoms with van der Waals surface area (Å²) in [5.74, 6) is 4.28. The van der Waals surface area contributed by atoms with E-state index in [2.05, 4.69) is 33.2 Å². The molecule has 4 aromatic carbocycles. The van der Waals surface area contributed by atoms with E-state index in [0.29, 0.717) is 40.0 Å². The first-order chi connectivity index (χ1) is 28.4. The van der Waals surface area contributed by atoms with Gasteiger partial charge in [-0.3, -0.25) is 9.59 Å². The minimum Gasteiger partial charge on any atom is -0.454 e.